The van der Waals surface area contributed by atoms with E-state index < -0.39 is 10.0 Å². The van der Waals surface area contributed by atoms with Crippen LogP contribution in [0.5, 0.6) is 0 Å². The molecule has 0 atom stereocenters. The molecule has 0 heterocycles. The van der Waals surface area contributed by atoms with Gasteiger partial charge in [0, 0.05) is 13.1 Å². The molecule has 0 unspecified atom stereocenters. The zero-order valence-electron chi connectivity index (χ0n) is 11.1. The fraction of sp³-hybridized carbons (Fsp3) is 0.385. The maximum absolute atomic E-state index is 11.9. The first-order valence-electron chi connectivity index (χ1n) is 5.96. The highest BCUT2D eigenvalue weighted by Crippen LogP contribution is 2.09. The van der Waals surface area contributed by atoms with E-state index in [1.54, 1.807) is 24.3 Å². The molecule has 0 spiro atoms. The predicted octanol–water partition coefficient (Wildman–Crippen LogP) is 1.02. The quantitative estimate of drug-likeness (QED) is 0.551. The molecule has 106 valence electrons. The summed E-state index contributed by atoms with van der Waals surface area (Å²) in [5.41, 5.74) is 7.25. The van der Waals surface area contributed by atoms with E-state index >= 15 is 0 Å². The second-order valence-corrected chi connectivity index (χ2v) is 6.02. The zero-order chi connectivity index (χ0) is 14.3. The Morgan fingerprint density at radius 2 is 2.00 bits per heavy atom. The van der Waals surface area contributed by atoms with Crippen molar-refractivity contribution in [2.75, 3.05) is 19.8 Å². The average Bonchev–Trinajstić information content (AvgIpc) is 2.38. The van der Waals surface area contributed by atoms with Crippen molar-refractivity contribution in [3.8, 4) is 0 Å². The van der Waals surface area contributed by atoms with Crippen LogP contribution in [0.25, 0.3) is 0 Å². The van der Waals surface area contributed by atoms with E-state index in [9.17, 15) is 8.42 Å². The molecule has 0 fully saturated rings. The summed E-state index contributed by atoms with van der Waals surface area (Å²) >= 11 is 0. The van der Waals surface area contributed by atoms with Gasteiger partial charge in [0.25, 0.3) is 0 Å². The Kier molecular flexibility index (Phi) is 6.17. The number of benzene rings is 1. The number of hydrogen-bond donors (Lipinski definition) is 2. The van der Waals surface area contributed by atoms with Crippen LogP contribution in [0.4, 0.5) is 0 Å². The Labute approximate surface area is 114 Å². The third-order valence-electron chi connectivity index (χ3n) is 2.36. The minimum absolute atomic E-state index is 0.226. The van der Waals surface area contributed by atoms with Gasteiger partial charge in [-0.15, -0.1) is 0 Å². The van der Waals surface area contributed by atoms with Crippen LogP contribution in [0.15, 0.2) is 41.3 Å². The highest BCUT2D eigenvalue weighted by atomic mass is 32.2. The van der Waals surface area contributed by atoms with Crippen molar-refractivity contribution >= 4 is 10.0 Å². The lowest BCUT2D eigenvalue weighted by Gasteiger charge is -2.08. The molecule has 0 aliphatic carbocycles. The number of sulfonamides is 1. The number of rotatable bonds is 8. The smallest absolute Gasteiger partial charge is 0.240 e. The highest BCUT2D eigenvalue weighted by molar-refractivity contribution is 7.89. The van der Waals surface area contributed by atoms with Crippen molar-refractivity contribution in [1.82, 2.24) is 4.72 Å². The van der Waals surface area contributed by atoms with Crippen molar-refractivity contribution in [2.45, 2.75) is 18.4 Å². The van der Waals surface area contributed by atoms with E-state index in [0.29, 0.717) is 19.8 Å². The van der Waals surface area contributed by atoms with Crippen molar-refractivity contribution in [3.63, 3.8) is 0 Å². The van der Waals surface area contributed by atoms with Crippen LogP contribution in [0.1, 0.15) is 12.5 Å². The second-order valence-electron chi connectivity index (χ2n) is 4.26. The molecule has 5 nitrogen and oxygen atoms in total. The van der Waals surface area contributed by atoms with Gasteiger partial charge in [0.05, 0.1) is 18.1 Å². The zero-order valence-corrected chi connectivity index (χ0v) is 11.9. The maximum Gasteiger partial charge on any atom is 0.240 e. The summed E-state index contributed by atoms with van der Waals surface area (Å²) in [5, 5.41) is 0. The number of ether oxygens (including phenoxy) is 1. The molecule has 0 amide bonds. The topological polar surface area (TPSA) is 81.4 Å². The van der Waals surface area contributed by atoms with Crippen molar-refractivity contribution in [3.05, 3.63) is 42.0 Å². The summed E-state index contributed by atoms with van der Waals surface area (Å²) in [6.45, 7) is 6.91. The van der Waals surface area contributed by atoms with E-state index in [0.717, 1.165) is 11.1 Å². The molecule has 1 rings (SSSR count). The summed E-state index contributed by atoms with van der Waals surface area (Å²) < 4.78 is 31.5. The van der Waals surface area contributed by atoms with Crippen LogP contribution in [0.3, 0.4) is 0 Å². The molecular formula is C13H20N2O3S. The van der Waals surface area contributed by atoms with E-state index in [-0.39, 0.29) is 11.4 Å². The largest absolute Gasteiger partial charge is 0.376 e. The van der Waals surface area contributed by atoms with Gasteiger partial charge < -0.3 is 10.5 Å². The monoisotopic (exact) mass is 284 g/mol. The minimum Gasteiger partial charge on any atom is -0.376 e. The molecular weight excluding hydrogens is 264 g/mol. The standard InChI is InChI=1S/C13H20N2O3S/c1-11(2)10-18-8-7-15-19(16,17)13-5-3-12(9-14)4-6-13/h3-6,15H,1,7-10,14H2,2H3. The van der Waals surface area contributed by atoms with Gasteiger partial charge in [0.1, 0.15) is 0 Å². The molecule has 0 aliphatic heterocycles. The Hall–Kier alpha value is -1.21. The van der Waals surface area contributed by atoms with Gasteiger partial charge in [-0.1, -0.05) is 24.3 Å². The Bertz CT molecular complexity index is 509. The van der Waals surface area contributed by atoms with Crippen molar-refractivity contribution < 1.29 is 13.2 Å². The summed E-state index contributed by atoms with van der Waals surface area (Å²) in [5.74, 6) is 0. The van der Waals surface area contributed by atoms with Gasteiger partial charge >= 0.3 is 0 Å². The van der Waals surface area contributed by atoms with Crippen LogP contribution in [-0.4, -0.2) is 28.2 Å². The highest BCUT2D eigenvalue weighted by Gasteiger charge is 2.12. The Morgan fingerprint density at radius 1 is 1.37 bits per heavy atom. The normalized spacial score (nSPS) is 11.5. The first-order chi connectivity index (χ1) is 8.95. The molecule has 0 saturated carbocycles. The van der Waals surface area contributed by atoms with E-state index in [1.165, 1.54) is 0 Å². The predicted molar refractivity (Wildman–Crippen MR) is 75.2 cm³/mol. The second kappa shape index (κ2) is 7.40. The van der Waals surface area contributed by atoms with E-state index in [4.69, 9.17) is 10.5 Å². The first kappa shape index (κ1) is 15.8. The fourth-order valence-corrected chi connectivity index (χ4v) is 2.40. The lowest BCUT2D eigenvalue weighted by molar-refractivity contribution is 0.162. The van der Waals surface area contributed by atoms with Crippen LogP contribution in [0.2, 0.25) is 0 Å². The molecule has 0 saturated heterocycles. The Morgan fingerprint density at radius 3 is 2.53 bits per heavy atom. The summed E-state index contributed by atoms with van der Waals surface area (Å²) in [6, 6.07) is 6.48. The molecule has 1 aromatic rings. The molecule has 6 heteroatoms. The van der Waals surface area contributed by atoms with Crippen LogP contribution >= 0.6 is 0 Å². The van der Waals surface area contributed by atoms with Crippen LogP contribution in [-0.2, 0) is 21.3 Å². The van der Waals surface area contributed by atoms with Gasteiger partial charge in [-0.25, -0.2) is 13.1 Å². The molecule has 0 aromatic heterocycles. The molecule has 1 aromatic carbocycles. The summed E-state index contributed by atoms with van der Waals surface area (Å²) in [4.78, 5) is 0.226. The lowest BCUT2D eigenvalue weighted by atomic mass is 10.2. The fourth-order valence-electron chi connectivity index (χ4n) is 1.38. The van der Waals surface area contributed by atoms with Crippen LogP contribution in [0, 0.1) is 0 Å². The molecule has 0 bridgehead atoms. The number of nitrogens with one attached hydrogen (secondary N) is 1. The minimum atomic E-state index is -3.48. The van der Waals surface area contributed by atoms with Crippen LogP contribution < -0.4 is 10.5 Å². The van der Waals surface area contributed by atoms with Gasteiger partial charge in [-0.05, 0) is 24.6 Å². The third kappa shape index (κ3) is 5.52. The molecule has 19 heavy (non-hydrogen) atoms. The van der Waals surface area contributed by atoms with E-state index in [2.05, 4.69) is 11.3 Å². The van der Waals surface area contributed by atoms with Gasteiger partial charge in [0.2, 0.25) is 10.0 Å². The molecule has 0 aliphatic rings. The SMILES string of the molecule is C=C(C)COCCNS(=O)(=O)c1ccc(CN)cc1. The van der Waals surface area contributed by atoms with Crippen molar-refractivity contribution in [1.29, 1.82) is 0 Å². The number of hydrogen-bond acceptors (Lipinski definition) is 4. The van der Waals surface area contributed by atoms with Gasteiger partial charge in [-0.2, -0.15) is 0 Å². The molecule has 3 N–H and O–H groups in total. The third-order valence-corrected chi connectivity index (χ3v) is 3.83. The van der Waals surface area contributed by atoms with Gasteiger partial charge in [-0.3, -0.25) is 0 Å². The van der Waals surface area contributed by atoms with Crippen molar-refractivity contribution in [2.24, 2.45) is 5.73 Å². The maximum atomic E-state index is 11.9. The summed E-state index contributed by atoms with van der Waals surface area (Å²) in [6.07, 6.45) is 0. The first-order valence-corrected chi connectivity index (χ1v) is 7.45. The van der Waals surface area contributed by atoms with Gasteiger partial charge in [0.15, 0.2) is 0 Å². The van der Waals surface area contributed by atoms with E-state index in [1.807, 2.05) is 6.92 Å². The average molecular weight is 284 g/mol. The molecule has 0 radical (unpaired) electrons. The number of nitrogens with two attached hydrogens (primary N) is 1. The Balaban J connectivity index is 2.48. The summed E-state index contributed by atoms with van der Waals surface area (Å²) in [7, 11) is -3.48. The lowest BCUT2D eigenvalue weighted by Crippen LogP contribution is -2.27.